The van der Waals surface area contributed by atoms with Crippen LogP contribution < -0.4 is 9.64 Å². The van der Waals surface area contributed by atoms with Crippen LogP contribution in [-0.4, -0.2) is 32.6 Å². The highest BCUT2D eigenvalue weighted by Gasteiger charge is 2.59. The molecule has 0 saturated heterocycles. The zero-order chi connectivity index (χ0) is 16.7. The molecule has 3 aliphatic rings. The van der Waals surface area contributed by atoms with Crippen molar-refractivity contribution in [1.82, 2.24) is 0 Å². The van der Waals surface area contributed by atoms with E-state index in [2.05, 4.69) is 17.1 Å². The number of nitrogens with zero attached hydrogens (tertiary/aromatic N) is 2. The average Bonchev–Trinajstić information content (AvgIpc) is 3.07. The lowest BCUT2D eigenvalue weighted by Crippen LogP contribution is -2.31. The van der Waals surface area contributed by atoms with E-state index in [0.717, 1.165) is 37.3 Å². The second-order valence-corrected chi connectivity index (χ2v) is 6.58. The first kappa shape index (κ1) is 15.2. The van der Waals surface area contributed by atoms with Crippen LogP contribution in [0.1, 0.15) is 31.7 Å². The van der Waals surface area contributed by atoms with Gasteiger partial charge in [-0.2, -0.15) is 0 Å². The topological polar surface area (TPSA) is 51.1 Å². The van der Waals surface area contributed by atoms with Gasteiger partial charge in [-0.05, 0) is 38.0 Å². The highest BCUT2D eigenvalue weighted by molar-refractivity contribution is 5.88. The van der Waals surface area contributed by atoms with Crippen molar-refractivity contribution in [2.75, 3.05) is 25.2 Å². The van der Waals surface area contributed by atoms with Crippen LogP contribution in [0.5, 0.6) is 5.75 Å². The molecule has 0 radical (unpaired) electrons. The van der Waals surface area contributed by atoms with E-state index in [0.29, 0.717) is 12.5 Å². The molecule has 2 unspecified atom stereocenters. The zero-order valence-corrected chi connectivity index (χ0v) is 14.1. The molecule has 1 amide bonds. The summed E-state index contributed by atoms with van der Waals surface area (Å²) < 4.78 is 10.8. The molecule has 24 heavy (non-hydrogen) atoms. The van der Waals surface area contributed by atoms with E-state index in [1.54, 1.807) is 4.90 Å². The molecule has 1 fully saturated rings. The van der Waals surface area contributed by atoms with E-state index in [1.165, 1.54) is 18.4 Å². The zero-order valence-electron chi connectivity index (χ0n) is 14.1. The maximum Gasteiger partial charge on any atom is 0.413 e. The summed E-state index contributed by atoms with van der Waals surface area (Å²) in [5, 5.41) is 0. The number of anilines is 1. The van der Waals surface area contributed by atoms with Crippen LogP contribution in [0.15, 0.2) is 35.0 Å². The quantitative estimate of drug-likeness (QED) is 0.851. The van der Waals surface area contributed by atoms with Crippen LogP contribution in [0.3, 0.4) is 0 Å². The third-order valence-electron chi connectivity index (χ3n) is 5.43. The third kappa shape index (κ3) is 2.22. The normalized spacial score (nSPS) is 26.6. The van der Waals surface area contributed by atoms with Crippen molar-refractivity contribution in [2.24, 2.45) is 10.9 Å². The van der Waals surface area contributed by atoms with Gasteiger partial charge in [-0.3, -0.25) is 9.89 Å². The highest BCUT2D eigenvalue weighted by Crippen LogP contribution is 2.64. The summed E-state index contributed by atoms with van der Waals surface area (Å²) >= 11 is 0. The van der Waals surface area contributed by atoms with Gasteiger partial charge in [-0.15, -0.1) is 0 Å². The van der Waals surface area contributed by atoms with Gasteiger partial charge < -0.3 is 9.47 Å². The summed E-state index contributed by atoms with van der Waals surface area (Å²) in [6.07, 6.45) is 6.93. The Labute approximate surface area is 142 Å². The third-order valence-corrected chi connectivity index (χ3v) is 5.43. The Morgan fingerprint density at radius 2 is 2.38 bits per heavy atom. The molecular formula is C19H22N2O3. The minimum atomic E-state index is -0.335. The Morgan fingerprint density at radius 3 is 3.08 bits per heavy atom. The first-order valence-corrected chi connectivity index (χ1v) is 8.55. The second-order valence-electron chi connectivity index (χ2n) is 6.58. The smallest absolute Gasteiger partial charge is 0.413 e. The molecule has 1 saturated carbocycles. The van der Waals surface area contributed by atoms with E-state index in [-0.39, 0.29) is 11.5 Å². The molecule has 5 nitrogen and oxygen atoms in total. The van der Waals surface area contributed by atoms with E-state index in [1.807, 2.05) is 25.3 Å². The molecule has 5 heteroatoms. The van der Waals surface area contributed by atoms with Gasteiger partial charge in [-0.25, -0.2) is 4.79 Å². The number of rotatable bonds is 3. The Bertz CT molecular complexity index is 740. The number of carbonyl (C=O) groups excluding carboxylic acids is 1. The summed E-state index contributed by atoms with van der Waals surface area (Å²) in [4.78, 5) is 18.2. The molecule has 1 aliphatic carbocycles. The fourth-order valence-corrected chi connectivity index (χ4v) is 4.09. The van der Waals surface area contributed by atoms with Crippen molar-refractivity contribution in [1.29, 1.82) is 0 Å². The van der Waals surface area contributed by atoms with Gasteiger partial charge in [0.05, 0.1) is 13.7 Å². The monoisotopic (exact) mass is 326 g/mol. The van der Waals surface area contributed by atoms with Crippen molar-refractivity contribution in [3.8, 4) is 5.75 Å². The number of methoxy groups -OCH3 is 1. The first-order valence-electron chi connectivity index (χ1n) is 8.55. The number of hydrogen-bond donors (Lipinski definition) is 0. The summed E-state index contributed by atoms with van der Waals surface area (Å²) in [6.45, 7) is 3.26. The van der Waals surface area contributed by atoms with Crippen LogP contribution in [0.25, 0.3) is 0 Å². The molecule has 0 bridgehead atoms. The fraction of sp³-hybridized carbons (Fsp3) is 0.474. The molecular weight excluding hydrogens is 304 g/mol. The van der Waals surface area contributed by atoms with E-state index in [4.69, 9.17) is 9.47 Å². The maximum absolute atomic E-state index is 12.0. The lowest BCUT2D eigenvalue weighted by atomic mass is 9.86. The number of allylic oxidation sites excluding steroid dienone is 2. The average molecular weight is 326 g/mol. The van der Waals surface area contributed by atoms with Crippen molar-refractivity contribution in [3.63, 3.8) is 0 Å². The van der Waals surface area contributed by atoms with Crippen molar-refractivity contribution < 1.29 is 14.3 Å². The minimum Gasteiger partial charge on any atom is -0.493 e. The molecule has 126 valence electrons. The van der Waals surface area contributed by atoms with Gasteiger partial charge in [0.25, 0.3) is 0 Å². The van der Waals surface area contributed by atoms with Crippen LogP contribution >= 0.6 is 0 Å². The Hall–Kier alpha value is -2.30. The van der Waals surface area contributed by atoms with Crippen LogP contribution in [0.2, 0.25) is 0 Å². The Balaban J connectivity index is 1.71. The molecule has 0 N–H and O–H groups in total. The molecule has 2 atom stereocenters. The van der Waals surface area contributed by atoms with Gasteiger partial charge in [0.15, 0.2) is 0 Å². The minimum absolute atomic E-state index is 0.118. The number of benzene rings is 1. The fourth-order valence-electron chi connectivity index (χ4n) is 4.09. The van der Waals surface area contributed by atoms with E-state index >= 15 is 0 Å². The summed E-state index contributed by atoms with van der Waals surface area (Å²) in [6, 6.07) is 6.02. The first-order chi connectivity index (χ1) is 11.7. The number of amides is 1. The molecule has 1 aromatic rings. The largest absolute Gasteiger partial charge is 0.493 e. The number of hydrogen-bond acceptors (Lipinski definition) is 4. The summed E-state index contributed by atoms with van der Waals surface area (Å²) in [5.41, 5.74) is 3.41. The van der Waals surface area contributed by atoms with Gasteiger partial charge in [0.1, 0.15) is 5.75 Å². The van der Waals surface area contributed by atoms with Crippen LogP contribution in [-0.2, 0) is 10.2 Å². The number of ether oxygens (including phenoxy) is 2. The molecule has 1 spiro atoms. The number of carbonyl (C=O) groups is 1. The SMILES string of the molecule is CCN(C(=O)OC)c1ccc2c(c1)C1(CCO2)CC1C1=CCC=N1. The lowest BCUT2D eigenvalue weighted by molar-refractivity contribution is 0.179. The number of aliphatic imine (C=N–C) groups is 1. The lowest BCUT2D eigenvalue weighted by Gasteiger charge is -2.29. The summed E-state index contributed by atoms with van der Waals surface area (Å²) in [5.74, 6) is 1.42. The predicted molar refractivity (Wildman–Crippen MR) is 93.0 cm³/mol. The standard InChI is InChI=1S/C19H22N2O3/c1-3-21(18(22)23-2)13-6-7-17-14(11-13)19(8-10-24-17)12-15(19)16-5-4-9-20-16/h5-7,9,11,15H,3-4,8,10,12H2,1-2H3. The van der Waals surface area contributed by atoms with Gasteiger partial charge >= 0.3 is 6.09 Å². The van der Waals surface area contributed by atoms with Crippen LogP contribution in [0.4, 0.5) is 10.5 Å². The second kappa shape index (κ2) is 5.65. The van der Waals surface area contributed by atoms with Gasteiger partial charge in [0.2, 0.25) is 0 Å². The van der Waals surface area contributed by atoms with Crippen LogP contribution in [0, 0.1) is 5.92 Å². The van der Waals surface area contributed by atoms with Gasteiger partial charge in [-0.1, -0.05) is 6.08 Å². The summed E-state index contributed by atoms with van der Waals surface area (Å²) in [7, 11) is 1.41. The van der Waals surface area contributed by atoms with Crippen molar-refractivity contribution in [2.45, 2.75) is 31.6 Å². The molecule has 4 rings (SSSR count). The predicted octanol–water partition coefficient (Wildman–Crippen LogP) is 3.68. The molecule has 0 aromatic heterocycles. The molecule has 1 aromatic carbocycles. The number of fused-ring (bicyclic) bond motifs is 2. The molecule has 2 heterocycles. The van der Waals surface area contributed by atoms with E-state index < -0.39 is 0 Å². The van der Waals surface area contributed by atoms with Crippen molar-refractivity contribution in [3.05, 3.63) is 35.5 Å². The highest BCUT2D eigenvalue weighted by atomic mass is 16.5. The van der Waals surface area contributed by atoms with Crippen molar-refractivity contribution >= 4 is 18.0 Å². The van der Waals surface area contributed by atoms with E-state index in [9.17, 15) is 4.79 Å². The maximum atomic E-state index is 12.0. The Morgan fingerprint density at radius 1 is 1.50 bits per heavy atom. The van der Waals surface area contributed by atoms with Gasteiger partial charge in [0, 0.05) is 47.5 Å². The Kier molecular flexibility index (Phi) is 3.59. The molecule has 2 aliphatic heterocycles.